The highest BCUT2D eigenvalue weighted by atomic mass is 15.2. The zero-order valence-corrected chi connectivity index (χ0v) is 15.0. The molecular weight excluding hydrogens is 256 g/mol. The highest BCUT2D eigenvalue weighted by Crippen LogP contribution is 2.40. The molecule has 3 atom stereocenters. The molecule has 2 heteroatoms. The number of hydrogen-bond donors (Lipinski definition) is 1. The fourth-order valence-corrected chi connectivity index (χ4v) is 4.60. The van der Waals surface area contributed by atoms with Crippen molar-refractivity contribution in [2.24, 2.45) is 11.3 Å². The topological polar surface area (TPSA) is 15.3 Å². The number of nitrogens with one attached hydrogen (secondary N) is 1. The zero-order chi connectivity index (χ0) is 15.3. The van der Waals surface area contributed by atoms with Gasteiger partial charge in [0.15, 0.2) is 0 Å². The summed E-state index contributed by atoms with van der Waals surface area (Å²) in [5.74, 6) is 0.876. The lowest BCUT2D eigenvalue weighted by Crippen LogP contribution is -2.52. The maximum atomic E-state index is 3.76. The average molecular weight is 295 g/mol. The normalized spacial score (nSPS) is 31.6. The lowest BCUT2D eigenvalue weighted by atomic mass is 9.69. The van der Waals surface area contributed by atoms with Gasteiger partial charge in [0, 0.05) is 18.6 Å². The number of rotatable bonds is 5. The monoisotopic (exact) mass is 294 g/mol. The third-order valence-electron chi connectivity index (χ3n) is 5.69. The van der Waals surface area contributed by atoms with Gasteiger partial charge in [-0.05, 0) is 56.5 Å². The van der Waals surface area contributed by atoms with Crippen molar-refractivity contribution in [3.05, 3.63) is 0 Å². The molecule has 1 N–H and O–H groups in total. The van der Waals surface area contributed by atoms with Crippen molar-refractivity contribution in [2.45, 2.75) is 91.1 Å². The van der Waals surface area contributed by atoms with Crippen LogP contribution in [0.3, 0.4) is 0 Å². The van der Waals surface area contributed by atoms with Crippen LogP contribution in [-0.4, -0.2) is 36.6 Å². The largest absolute Gasteiger partial charge is 0.313 e. The SMILES string of the molecule is CCCN(CC1CCCCN1)C1CCCCC1C(C)(C)C. The summed E-state index contributed by atoms with van der Waals surface area (Å²) in [5, 5.41) is 3.76. The first-order valence-electron chi connectivity index (χ1n) is 9.49. The van der Waals surface area contributed by atoms with Gasteiger partial charge < -0.3 is 5.32 Å². The van der Waals surface area contributed by atoms with E-state index in [0.717, 1.165) is 18.0 Å². The summed E-state index contributed by atoms with van der Waals surface area (Å²) < 4.78 is 0. The van der Waals surface area contributed by atoms with Crippen molar-refractivity contribution in [1.29, 1.82) is 0 Å². The van der Waals surface area contributed by atoms with Crippen molar-refractivity contribution < 1.29 is 0 Å². The van der Waals surface area contributed by atoms with Crippen molar-refractivity contribution in [2.75, 3.05) is 19.6 Å². The van der Waals surface area contributed by atoms with Gasteiger partial charge in [-0.15, -0.1) is 0 Å². The quantitative estimate of drug-likeness (QED) is 0.806. The van der Waals surface area contributed by atoms with Crippen LogP contribution in [0.2, 0.25) is 0 Å². The molecule has 0 aromatic heterocycles. The number of nitrogens with zero attached hydrogens (tertiary/aromatic N) is 1. The van der Waals surface area contributed by atoms with Crippen LogP contribution in [-0.2, 0) is 0 Å². The van der Waals surface area contributed by atoms with Crippen molar-refractivity contribution in [3.8, 4) is 0 Å². The lowest BCUT2D eigenvalue weighted by molar-refractivity contribution is 0.0337. The fraction of sp³-hybridized carbons (Fsp3) is 1.00. The molecule has 124 valence electrons. The van der Waals surface area contributed by atoms with Crippen LogP contribution < -0.4 is 5.32 Å². The summed E-state index contributed by atoms with van der Waals surface area (Å²) in [4.78, 5) is 2.86. The molecule has 1 aliphatic heterocycles. The second-order valence-electron chi connectivity index (χ2n) is 8.47. The first-order valence-corrected chi connectivity index (χ1v) is 9.49. The van der Waals surface area contributed by atoms with Crippen LogP contribution in [0.1, 0.15) is 79.1 Å². The Morgan fingerprint density at radius 2 is 1.71 bits per heavy atom. The molecule has 21 heavy (non-hydrogen) atoms. The predicted octanol–water partition coefficient (Wildman–Crippen LogP) is 4.45. The van der Waals surface area contributed by atoms with Crippen molar-refractivity contribution in [3.63, 3.8) is 0 Å². The Labute approximate surface area is 133 Å². The summed E-state index contributed by atoms with van der Waals surface area (Å²) in [6.45, 7) is 13.5. The van der Waals surface area contributed by atoms with E-state index in [4.69, 9.17) is 0 Å². The molecule has 1 heterocycles. The smallest absolute Gasteiger partial charge is 0.0195 e. The molecule has 0 bridgehead atoms. The van der Waals surface area contributed by atoms with Gasteiger partial charge in [0.05, 0.1) is 0 Å². The Morgan fingerprint density at radius 3 is 2.33 bits per heavy atom. The van der Waals surface area contributed by atoms with Gasteiger partial charge >= 0.3 is 0 Å². The standard InChI is InChI=1S/C19H38N2/c1-5-14-21(15-16-10-8-9-13-20-16)18-12-7-6-11-17(18)19(2,3)4/h16-18,20H,5-15H2,1-4H3. The highest BCUT2D eigenvalue weighted by molar-refractivity contribution is 4.91. The molecule has 0 spiro atoms. The predicted molar refractivity (Wildman–Crippen MR) is 92.7 cm³/mol. The molecule has 0 aromatic rings. The average Bonchev–Trinajstić information content (AvgIpc) is 2.47. The van der Waals surface area contributed by atoms with Gasteiger partial charge in [0.25, 0.3) is 0 Å². The van der Waals surface area contributed by atoms with Crippen LogP contribution >= 0.6 is 0 Å². The van der Waals surface area contributed by atoms with Gasteiger partial charge in [-0.1, -0.05) is 47.0 Å². The second-order valence-corrected chi connectivity index (χ2v) is 8.47. The lowest BCUT2D eigenvalue weighted by Gasteiger charge is -2.47. The molecule has 1 saturated heterocycles. The minimum absolute atomic E-state index is 0.455. The molecule has 0 radical (unpaired) electrons. The molecule has 2 aliphatic rings. The van der Waals surface area contributed by atoms with E-state index in [1.165, 1.54) is 71.0 Å². The number of hydrogen-bond acceptors (Lipinski definition) is 2. The Hall–Kier alpha value is -0.0800. The summed E-state index contributed by atoms with van der Waals surface area (Å²) in [6.07, 6.45) is 11.2. The Bertz CT molecular complexity index is 288. The molecule has 3 unspecified atom stereocenters. The van der Waals surface area contributed by atoms with E-state index in [1.54, 1.807) is 0 Å². The third-order valence-corrected chi connectivity index (χ3v) is 5.69. The molecule has 1 saturated carbocycles. The van der Waals surface area contributed by atoms with Gasteiger partial charge in [-0.25, -0.2) is 0 Å². The van der Waals surface area contributed by atoms with Crippen LogP contribution in [0.4, 0.5) is 0 Å². The van der Waals surface area contributed by atoms with Crippen LogP contribution in [0, 0.1) is 11.3 Å². The van der Waals surface area contributed by atoms with E-state index in [2.05, 4.69) is 37.9 Å². The third kappa shape index (κ3) is 4.96. The second kappa shape index (κ2) is 7.97. The Kier molecular flexibility index (Phi) is 6.55. The van der Waals surface area contributed by atoms with Crippen molar-refractivity contribution in [1.82, 2.24) is 10.2 Å². The van der Waals surface area contributed by atoms with E-state index in [9.17, 15) is 0 Å². The number of piperidine rings is 1. The minimum Gasteiger partial charge on any atom is -0.313 e. The maximum absolute atomic E-state index is 3.76. The van der Waals surface area contributed by atoms with Gasteiger partial charge in [-0.2, -0.15) is 0 Å². The van der Waals surface area contributed by atoms with E-state index >= 15 is 0 Å². The van der Waals surface area contributed by atoms with E-state index in [0.29, 0.717) is 5.41 Å². The Balaban J connectivity index is 2.03. The van der Waals surface area contributed by atoms with E-state index in [1.807, 2.05) is 0 Å². The molecule has 0 amide bonds. The first kappa shape index (κ1) is 17.3. The molecule has 2 fully saturated rings. The van der Waals surface area contributed by atoms with Crippen LogP contribution in [0.15, 0.2) is 0 Å². The highest BCUT2D eigenvalue weighted by Gasteiger charge is 2.37. The molecule has 2 nitrogen and oxygen atoms in total. The zero-order valence-electron chi connectivity index (χ0n) is 15.0. The molecule has 0 aromatic carbocycles. The Morgan fingerprint density at radius 1 is 1.00 bits per heavy atom. The maximum Gasteiger partial charge on any atom is 0.0195 e. The summed E-state index contributed by atoms with van der Waals surface area (Å²) in [7, 11) is 0. The summed E-state index contributed by atoms with van der Waals surface area (Å²) in [5.41, 5.74) is 0.455. The van der Waals surface area contributed by atoms with Gasteiger partial charge in [-0.3, -0.25) is 4.90 Å². The van der Waals surface area contributed by atoms with Crippen LogP contribution in [0.5, 0.6) is 0 Å². The summed E-state index contributed by atoms with van der Waals surface area (Å²) in [6, 6.07) is 1.57. The van der Waals surface area contributed by atoms with Gasteiger partial charge in [0.2, 0.25) is 0 Å². The minimum atomic E-state index is 0.455. The van der Waals surface area contributed by atoms with E-state index in [-0.39, 0.29) is 0 Å². The first-order chi connectivity index (χ1) is 10.0. The summed E-state index contributed by atoms with van der Waals surface area (Å²) >= 11 is 0. The van der Waals surface area contributed by atoms with Crippen LogP contribution in [0.25, 0.3) is 0 Å². The van der Waals surface area contributed by atoms with E-state index < -0.39 is 0 Å². The van der Waals surface area contributed by atoms with Gasteiger partial charge in [0.1, 0.15) is 0 Å². The molecule has 2 rings (SSSR count). The fourth-order valence-electron chi connectivity index (χ4n) is 4.60. The van der Waals surface area contributed by atoms with Crippen molar-refractivity contribution >= 4 is 0 Å². The molecule has 1 aliphatic carbocycles. The molecular formula is C19H38N2.